The van der Waals surface area contributed by atoms with Crippen LogP contribution in [0.15, 0.2) is 40.8 Å². The molecule has 2 aromatic rings. The number of hydrogen-bond acceptors (Lipinski definition) is 4. The average Bonchev–Trinajstić information content (AvgIpc) is 3.30. The zero-order chi connectivity index (χ0) is 18.3. The molecule has 5 nitrogen and oxygen atoms in total. The zero-order valence-electron chi connectivity index (χ0n) is 13.7. The maximum Gasteiger partial charge on any atom is 0.573 e. The number of alkyl halides is 3. The van der Waals surface area contributed by atoms with E-state index in [0.29, 0.717) is 23.4 Å². The van der Waals surface area contributed by atoms with Crippen molar-refractivity contribution in [1.82, 2.24) is 10.6 Å². The summed E-state index contributed by atoms with van der Waals surface area (Å²) in [5.41, 5.74) is 0.396. The molecule has 1 aromatic carbocycles. The van der Waals surface area contributed by atoms with Gasteiger partial charge in [-0.15, -0.1) is 13.2 Å². The molecule has 2 bridgehead atoms. The second-order valence-corrected chi connectivity index (χ2v) is 6.60. The number of rotatable bonds is 4. The van der Waals surface area contributed by atoms with Crippen molar-refractivity contribution >= 4 is 5.91 Å². The lowest BCUT2D eigenvalue weighted by Gasteiger charge is -2.20. The molecule has 4 rings (SSSR count). The van der Waals surface area contributed by atoms with E-state index >= 15 is 0 Å². The van der Waals surface area contributed by atoms with Gasteiger partial charge in [0, 0.05) is 23.7 Å². The first-order chi connectivity index (χ1) is 12.4. The highest BCUT2D eigenvalue weighted by Gasteiger charge is 2.40. The third-order valence-electron chi connectivity index (χ3n) is 4.80. The third kappa shape index (κ3) is 3.55. The zero-order valence-corrected chi connectivity index (χ0v) is 13.7. The molecule has 138 valence electrons. The van der Waals surface area contributed by atoms with Crippen LogP contribution in [0.5, 0.6) is 5.75 Å². The molecule has 1 aromatic heterocycles. The molecule has 8 heteroatoms. The Balaban J connectivity index is 1.46. The van der Waals surface area contributed by atoms with Crippen LogP contribution in [0, 0.1) is 0 Å². The van der Waals surface area contributed by atoms with Gasteiger partial charge in [0.15, 0.2) is 5.76 Å². The lowest BCUT2D eigenvalue weighted by molar-refractivity contribution is -0.274. The summed E-state index contributed by atoms with van der Waals surface area (Å²) in [7, 11) is 0. The number of carbonyl (C=O) groups is 1. The molecular weight excluding hydrogens is 349 g/mol. The molecule has 3 atom stereocenters. The number of carbonyl (C=O) groups excluding carboxylic acids is 1. The SMILES string of the molecule is O=C(N[C@@H]1C[C@H]2CC[C@@H]1N2)c1ccc(-c2cccc(OC(F)(F)F)c2)o1. The topological polar surface area (TPSA) is 63.5 Å². The third-order valence-corrected chi connectivity index (χ3v) is 4.80. The number of fused-ring (bicyclic) bond motifs is 2. The molecule has 2 N–H and O–H groups in total. The Kier molecular flexibility index (Phi) is 4.14. The summed E-state index contributed by atoms with van der Waals surface area (Å²) in [6, 6.07) is 9.36. The van der Waals surface area contributed by atoms with Crippen LogP contribution in [0.3, 0.4) is 0 Å². The molecule has 0 spiro atoms. The number of amides is 1. The van der Waals surface area contributed by atoms with E-state index in [1.807, 2.05) is 0 Å². The molecule has 3 heterocycles. The van der Waals surface area contributed by atoms with E-state index in [1.165, 1.54) is 24.3 Å². The summed E-state index contributed by atoms with van der Waals surface area (Å²) in [5.74, 6) is -0.234. The number of halogens is 3. The largest absolute Gasteiger partial charge is 0.573 e. The van der Waals surface area contributed by atoms with E-state index in [9.17, 15) is 18.0 Å². The van der Waals surface area contributed by atoms with Crippen LogP contribution in [0.25, 0.3) is 11.3 Å². The van der Waals surface area contributed by atoms with Gasteiger partial charge in [-0.3, -0.25) is 4.79 Å². The van der Waals surface area contributed by atoms with Gasteiger partial charge < -0.3 is 19.8 Å². The molecule has 0 aliphatic carbocycles. The van der Waals surface area contributed by atoms with E-state index in [4.69, 9.17) is 4.42 Å². The molecule has 1 amide bonds. The summed E-state index contributed by atoms with van der Waals surface area (Å²) >= 11 is 0. The number of furan rings is 1. The first-order valence-electron chi connectivity index (χ1n) is 8.40. The minimum atomic E-state index is -4.76. The lowest BCUT2D eigenvalue weighted by Crippen LogP contribution is -2.42. The smallest absolute Gasteiger partial charge is 0.451 e. The van der Waals surface area contributed by atoms with Gasteiger partial charge >= 0.3 is 6.36 Å². The van der Waals surface area contributed by atoms with E-state index in [1.54, 1.807) is 12.1 Å². The molecule has 26 heavy (non-hydrogen) atoms. The van der Waals surface area contributed by atoms with Gasteiger partial charge in [0.25, 0.3) is 5.91 Å². The van der Waals surface area contributed by atoms with Crippen LogP contribution in [0.1, 0.15) is 29.8 Å². The lowest BCUT2D eigenvalue weighted by atomic mass is 9.95. The number of ether oxygens (including phenoxy) is 1. The number of nitrogens with one attached hydrogen (secondary N) is 2. The van der Waals surface area contributed by atoms with Gasteiger partial charge in [0.05, 0.1) is 0 Å². The van der Waals surface area contributed by atoms with Gasteiger partial charge in [-0.25, -0.2) is 0 Å². The van der Waals surface area contributed by atoms with E-state index < -0.39 is 6.36 Å². The second-order valence-electron chi connectivity index (χ2n) is 6.60. The van der Waals surface area contributed by atoms with Gasteiger partial charge in [-0.05, 0) is 43.5 Å². The fourth-order valence-electron chi connectivity index (χ4n) is 3.68. The fraction of sp³-hybridized carbons (Fsp3) is 0.389. The quantitative estimate of drug-likeness (QED) is 0.870. The van der Waals surface area contributed by atoms with E-state index in [-0.39, 0.29) is 23.5 Å². The minimum Gasteiger partial charge on any atom is -0.451 e. The Morgan fingerprint density at radius 1 is 1.23 bits per heavy atom. The second kappa shape index (κ2) is 6.35. The normalized spacial score (nSPS) is 24.7. The number of benzene rings is 1. The van der Waals surface area contributed by atoms with Crippen LogP contribution >= 0.6 is 0 Å². The van der Waals surface area contributed by atoms with Crippen molar-refractivity contribution in [2.45, 2.75) is 43.8 Å². The van der Waals surface area contributed by atoms with Gasteiger partial charge in [-0.2, -0.15) is 0 Å². The maximum atomic E-state index is 12.4. The summed E-state index contributed by atoms with van der Waals surface area (Å²) < 4.78 is 46.5. The Morgan fingerprint density at radius 2 is 2.08 bits per heavy atom. The van der Waals surface area contributed by atoms with Crippen molar-refractivity contribution in [2.75, 3.05) is 0 Å². The Hall–Kier alpha value is -2.48. The molecule has 2 fully saturated rings. The van der Waals surface area contributed by atoms with Crippen molar-refractivity contribution in [3.8, 4) is 17.1 Å². The van der Waals surface area contributed by atoms with Crippen LogP contribution in [-0.2, 0) is 0 Å². The Bertz CT molecular complexity index is 818. The molecule has 2 aliphatic rings. The molecule has 0 saturated carbocycles. The average molecular weight is 366 g/mol. The highest BCUT2D eigenvalue weighted by atomic mass is 19.4. The van der Waals surface area contributed by atoms with Crippen LogP contribution < -0.4 is 15.4 Å². The maximum absolute atomic E-state index is 12.4. The van der Waals surface area contributed by atoms with Crippen LogP contribution in [0.2, 0.25) is 0 Å². The monoisotopic (exact) mass is 366 g/mol. The van der Waals surface area contributed by atoms with Gasteiger partial charge in [0.2, 0.25) is 0 Å². The molecule has 2 aliphatic heterocycles. The molecular formula is C18H17F3N2O3. The highest BCUT2D eigenvalue weighted by molar-refractivity contribution is 5.92. The minimum absolute atomic E-state index is 0.0818. The predicted octanol–water partition coefficient (Wildman–Crippen LogP) is 3.47. The molecule has 2 saturated heterocycles. The molecule has 0 radical (unpaired) electrons. The summed E-state index contributed by atoms with van der Waals surface area (Å²) in [6.45, 7) is 0. The Morgan fingerprint density at radius 3 is 2.77 bits per heavy atom. The van der Waals surface area contributed by atoms with Gasteiger partial charge in [-0.1, -0.05) is 12.1 Å². The van der Waals surface area contributed by atoms with Crippen molar-refractivity contribution in [2.24, 2.45) is 0 Å². The standard InChI is InChI=1S/C18H17F3N2O3/c19-18(20,21)26-12-3-1-2-10(8-12)15-6-7-16(25-15)17(24)23-14-9-11-4-5-13(14)22-11/h1-3,6-8,11,13-14,22H,4-5,9H2,(H,23,24)/t11-,13+,14-/m1/s1. The van der Waals surface area contributed by atoms with Crippen molar-refractivity contribution < 1.29 is 27.1 Å². The van der Waals surface area contributed by atoms with Crippen molar-refractivity contribution in [1.29, 1.82) is 0 Å². The first kappa shape index (κ1) is 17.0. The molecule has 0 unspecified atom stereocenters. The summed E-state index contributed by atoms with van der Waals surface area (Å²) in [6.07, 6.45) is -1.67. The van der Waals surface area contributed by atoms with Crippen LogP contribution in [-0.4, -0.2) is 30.4 Å². The fourth-order valence-corrected chi connectivity index (χ4v) is 3.68. The highest BCUT2D eigenvalue weighted by Crippen LogP contribution is 2.30. The summed E-state index contributed by atoms with van der Waals surface area (Å²) in [4.78, 5) is 12.4. The number of hydrogen-bond donors (Lipinski definition) is 2. The van der Waals surface area contributed by atoms with Gasteiger partial charge in [0.1, 0.15) is 11.5 Å². The predicted molar refractivity (Wildman–Crippen MR) is 86.6 cm³/mol. The first-order valence-corrected chi connectivity index (χ1v) is 8.40. The van der Waals surface area contributed by atoms with E-state index in [0.717, 1.165) is 19.3 Å². The summed E-state index contributed by atoms with van der Waals surface area (Å²) in [5, 5.41) is 6.40. The van der Waals surface area contributed by atoms with Crippen LogP contribution in [0.4, 0.5) is 13.2 Å². The Labute approximate surface area is 147 Å². The van der Waals surface area contributed by atoms with Crippen molar-refractivity contribution in [3.05, 3.63) is 42.2 Å². The van der Waals surface area contributed by atoms with Crippen molar-refractivity contribution in [3.63, 3.8) is 0 Å². The van der Waals surface area contributed by atoms with E-state index in [2.05, 4.69) is 15.4 Å².